The predicted molar refractivity (Wildman–Crippen MR) is 41.9 cm³/mol. The highest BCUT2D eigenvalue weighted by atomic mass is 16.1. The van der Waals surface area contributed by atoms with Crippen molar-refractivity contribution in [3.63, 3.8) is 0 Å². The van der Waals surface area contributed by atoms with Gasteiger partial charge in [0.15, 0.2) is 5.78 Å². The van der Waals surface area contributed by atoms with E-state index < -0.39 is 0 Å². The van der Waals surface area contributed by atoms with Crippen molar-refractivity contribution in [2.45, 2.75) is 6.42 Å². The molecule has 0 amide bonds. The summed E-state index contributed by atoms with van der Waals surface area (Å²) in [6.45, 7) is 0. The molecule has 4 atom stereocenters. The Hall–Kier alpha value is -0.850. The molecule has 0 N–H and O–H groups in total. The van der Waals surface area contributed by atoms with E-state index in [1.54, 1.807) is 6.08 Å². The Morgan fingerprint density at radius 3 is 3.09 bits per heavy atom. The molecule has 1 heteroatoms. The Bertz CT molecular complexity index is 275. The van der Waals surface area contributed by atoms with Crippen LogP contribution >= 0.6 is 0 Å². The zero-order valence-electron chi connectivity index (χ0n) is 6.23. The van der Waals surface area contributed by atoms with E-state index in [1.807, 2.05) is 0 Å². The molecule has 1 saturated carbocycles. The summed E-state index contributed by atoms with van der Waals surface area (Å²) in [6, 6.07) is 0. The molecule has 4 unspecified atom stereocenters. The zero-order chi connectivity index (χ0) is 7.42. The van der Waals surface area contributed by atoms with Crippen LogP contribution in [-0.2, 0) is 4.79 Å². The lowest BCUT2D eigenvalue weighted by molar-refractivity contribution is -0.125. The largest absolute Gasteiger partial charge is 0.295 e. The Morgan fingerprint density at radius 1 is 1.27 bits per heavy atom. The van der Waals surface area contributed by atoms with Crippen LogP contribution in [0.1, 0.15) is 6.42 Å². The highest BCUT2D eigenvalue weighted by Gasteiger charge is 2.53. The second-order valence-electron chi connectivity index (χ2n) is 3.77. The van der Waals surface area contributed by atoms with Crippen LogP contribution in [-0.4, -0.2) is 5.78 Å². The van der Waals surface area contributed by atoms with Crippen LogP contribution in [0, 0.1) is 23.7 Å². The van der Waals surface area contributed by atoms with Gasteiger partial charge in [-0.1, -0.05) is 18.2 Å². The number of carbonyl (C=O) groups is 1. The number of hydrogen-bond donors (Lipinski definition) is 0. The van der Waals surface area contributed by atoms with Crippen molar-refractivity contribution in [3.8, 4) is 0 Å². The summed E-state index contributed by atoms with van der Waals surface area (Å²) in [6.07, 6.45) is 9.54. The second kappa shape index (κ2) is 1.66. The molecule has 0 heterocycles. The van der Waals surface area contributed by atoms with Crippen molar-refractivity contribution < 1.29 is 4.79 Å². The van der Waals surface area contributed by atoms with Gasteiger partial charge in [-0.15, -0.1) is 0 Å². The fourth-order valence-corrected chi connectivity index (χ4v) is 2.84. The van der Waals surface area contributed by atoms with Crippen molar-refractivity contribution in [2.24, 2.45) is 23.7 Å². The quantitative estimate of drug-likeness (QED) is 0.474. The molecule has 0 radical (unpaired) electrons. The molecule has 0 saturated heterocycles. The summed E-state index contributed by atoms with van der Waals surface area (Å²) >= 11 is 0. The minimum atomic E-state index is 0.370. The van der Waals surface area contributed by atoms with Crippen molar-refractivity contribution in [1.29, 1.82) is 0 Å². The molecule has 0 aromatic heterocycles. The predicted octanol–water partition coefficient (Wildman–Crippen LogP) is 1.56. The molecular formula is C10H10O. The lowest BCUT2D eigenvalue weighted by Gasteiger charge is -2.43. The van der Waals surface area contributed by atoms with Crippen LogP contribution in [0.3, 0.4) is 0 Å². The van der Waals surface area contributed by atoms with E-state index in [0.717, 1.165) is 6.42 Å². The fraction of sp³-hybridized carbons (Fsp3) is 0.500. The summed E-state index contributed by atoms with van der Waals surface area (Å²) < 4.78 is 0. The highest BCUT2D eigenvalue weighted by molar-refractivity contribution is 5.96. The molecule has 3 rings (SSSR count). The van der Waals surface area contributed by atoms with E-state index in [2.05, 4.69) is 18.2 Å². The van der Waals surface area contributed by atoms with Gasteiger partial charge in [0.1, 0.15) is 0 Å². The van der Waals surface area contributed by atoms with Crippen molar-refractivity contribution >= 4 is 5.78 Å². The molecule has 0 aromatic carbocycles. The van der Waals surface area contributed by atoms with E-state index in [-0.39, 0.29) is 0 Å². The highest BCUT2D eigenvalue weighted by Crippen LogP contribution is 2.55. The third-order valence-corrected chi connectivity index (χ3v) is 3.39. The maximum Gasteiger partial charge on any atom is 0.159 e. The van der Waals surface area contributed by atoms with Gasteiger partial charge in [0, 0.05) is 5.92 Å². The monoisotopic (exact) mass is 146 g/mol. The summed E-state index contributed by atoms with van der Waals surface area (Å²) in [5.41, 5.74) is 0. The average molecular weight is 146 g/mol. The second-order valence-corrected chi connectivity index (χ2v) is 3.77. The van der Waals surface area contributed by atoms with Crippen molar-refractivity contribution in [3.05, 3.63) is 24.3 Å². The molecule has 3 aliphatic carbocycles. The first-order valence-electron chi connectivity index (χ1n) is 4.26. The van der Waals surface area contributed by atoms with Crippen molar-refractivity contribution in [1.82, 2.24) is 0 Å². The molecule has 0 spiro atoms. The minimum absolute atomic E-state index is 0.370. The van der Waals surface area contributed by atoms with Gasteiger partial charge in [-0.2, -0.15) is 0 Å². The Morgan fingerprint density at radius 2 is 2.18 bits per heavy atom. The van der Waals surface area contributed by atoms with E-state index in [1.165, 1.54) is 0 Å². The number of hydrogen-bond acceptors (Lipinski definition) is 1. The molecule has 0 aliphatic heterocycles. The lowest BCUT2D eigenvalue weighted by Crippen LogP contribution is -2.43. The van der Waals surface area contributed by atoms with E-state index in [4.69, 9.17) is 0 Å². The van der Waals surface area contributed by atoms with Crippen molar-refractivity contribution in [2.75, 3.05) is 0 Å². The van der Waals surface area contributed by atoms with Crippen LogP contribution in [0.5, 0.6) is 0 Å². The van der Waals surface area contributed by atoms with Gasteiger partial charge in [-0.3, -0.25) is 4.79 Å². The standard InChI is InChI=1S/C10H10O/c11-9-5-4-8-6-2-1-3-7(6)10(8)9/h1-2,4-8,10H,3H2. The van der Waals surface area contributed by atoms with Crippen LogP contribution in [0.25, 0.3) is 0 Å². The first-order chi connectivity index (χ1) is 5.38. The molecular weight excluding hydrogens is 136 g/mol. The molecule has 11 heavy (non-hydrogen) atoms. The van der Waals surface area contributed by atoms with Gasteiger partial charge in [0.25, 0.3) is 0 Å². The molecule has 56 valence electrons. The molecule has 0 bridgehead atoms. The minimum Gasteiger partial charge on any atom is -0.295 e. The number of fused-ring (bicyclic) bond motifs is 4. The molecule has 3 aliphatic rings. The van der Waals surface area contributed by atoms with Crippen LogP contribution in [0.15, 0.2) is 24.3 Å². The van der Waals surface area contributed by atoms with Gasteiger partial charge in [0.2, 0.25) is 0 Å². The van der Waals surface area contributed by atoms with Gasteiger partial charge < -0.3 is 0 Å². The smallest absolute Gasteiger partial charge is 0.159 e. The van der Waals surface area contributed by atoms with Crippen LogP contribution < -0.4 is 0 Å². The van der Waals surface area contributed by atoms with Crippen LogP contribution in [0.2, 0.25) is 0 Å². The normalized spacial score (nSPS) is 50.7. The lowest BCUT2D eigenvalue weighted by atomic mass is 9.59. The first kappa shape index (κ1) is 5.76. The summed E-state index contributed by atoms with van der Waals surface area (Å²) in [4.78, 5) is 11.3. The number of allylic oxidation sites excluding steroid dienone is 4. The van der Waals surface area contributed by atoms with E-state index in [0.29, 0.717) is 29.5 Å². The summed E-state index contributed by atoms with van der Waals surface area (Å²) in [7, 11) is 0. The van der Waals surface area contributed by atoms with E-state index >= 15 is 0 Å². The fourth-order valence-electron chi connectivity index (χ4n) is 2.84. The summed E-state index contributed by atoms with van der Waals surface area (Å²) in [5.74, 6) is 2.70. The zero-order valence-corrected chi connectivity index (χ0v) is 6.23. The van der Waals surface area contributed by atoms with Gasteiger partial charge in [-0.05, 0) is 30.3 Å². The number of carbonyl (C=O) groups excluding carboxylic acids is 1. The Balaban J connectivity index is 1.97. The molecule has 0 aromatic rings. The van der Waals surface area contributed by atoms with Gasteiger partial charge in [0.05, 0.1) is 0 Å². The van der Waals surface area contributed by atoms with Crippen LogP contribution in [0.4, 0.5) is 0 Å². The topological polar surface area (TPSA) is 17.1 Å². The first-order valence-corrected chi connectivity index (χ1v) is 4.26. The average Bonchev–Trinajstić information content (AvgIpc) is 2.43. The SMILES string of the molecule is O=C1C=CC2C3C=CCC3C12. The molecule has 1 nitrogen and oxygen atoms in total. The third kappa shape index (κ3) is 0.515. The maximum atomic E-state index is 11.3. The van der Waals surface area contributed by atoms with E-state index in [9.17, 15) is 4.79 Å². The Labute approximate surface area is 65.8 Å². The maximum absolute atomic E-state index is 11.3. The Kier molecular flexibility index (Phi) is 0.867. The van der Waals surface area contributed by atoms with Gasteiger partial charge in [-0.25, -0.2) is 0 Å². The summed E-state index contributed by atoms with van der Waals surface area (Å²) in [5, 5.41) is 0. The third-order valence-electron chi connectivity index (χ3n) is 3.39. The number of rotatable bonds is 0. The molecule has 1 fully saturated rings. The van der Waals surface area contributed by atoms with Gasteiger partial charge >= 0.3 is 0 Å². The number of ketones is 1.